The smallest absolute Gasteiger partial charge is 0.335 e. The molecule has 3 N–H and O–H groups in total. The first-order valence-corrected chi connectivity index (χ1v) is 9.37. The highest BCUT2D eigenvalue weighted by Gasteiger charge is 2.24. The highest BCUT2D eigenvalue weighted by molar-refractivity contribution is 7.10. The Balaban J connectivity index is 1.79. The van der Waals surface area contributed by atoms with Crippen molar-refractivity contribution >= 4 is 34.6 Å². The molecule has 2 atom stereocenters. The lowest BCUT2D eigenvalue weighted by Gasteiger charge is -2.21. The van der Waals surface area contributed by atoms with Crippen LogP contribution < -0.4 is 10.6 Å². The number of carbonyl (C=O) groups excluding carboxylic acids is 1. The molecule has 1 aromatic carbocycles. The van der Waals surface area contributed by atoms with Gasteiger partial charge >= 0.3 is 5.97 Å². The third kappa shape index (κ3) is 4.39. The van der Waals surface area contributed by atoms with Crippen molar-refractivity contribution in [3.05, 3.63) is 46.2 Å². The number of hydrogen-bond donors (Lipinski definition) is 3. The number of carboxylic acids is 1. The summed E-state index contributed by atoms with van der Waals surface area (Å²) in [7, 11) is 0. The fourth-order valence-corrected chi connectivity index (χ4v) is 3.94. The van der Waals surface area contributed by atoms with Gasteiger partial charge in [-0.15, -0.1) is 11.3 Å². The van der Waals surface area contributed by atoms with E-state index in [0.29, 0.717) is 17.6 Å². The largest absolute Gasteiger partial charge is 0.478 e. The highest BCUT2D eigenvalue weighted by Crippen LogP contribution is 2.31. The van der Waals surface area contributed by atoms with Gasteiger partial charge in [0.2, 0.25) is 5.91 Å². The molecule has 132 valence electrons. The number of carboxylic acid groups (broad SMARTS) is 1. The van der Waals surface area contributed by atoms with Crippen molar-refractivity contribution in [1.82, 2.24) is 0 Å². The molecular formula is C19H22N2O3S. The molecule has 0 spiro atoms. The summed E-state index contributed by atoms with van der Waals surface area (Å²) in [6.07, 6.45) is 3.75. The Morgan fingerprint density at radius 1 is 1.24 bits per heavy atom. The van der Waals surface area contributed by atoms with Gasteiger partial charge in [-0.3, -0.25) is 4.79 Å². The number of carbonyl (C=O) groups is 2. The monoisotopic (exact) mass is 358 g/mol. The second kappa shape index (κ2) is 7.70. The predicted octanol–water partition coefficient (Wildman–Crippen LogP) is 4.23. The first-order chi connectivity index (χ1) is 12.0. The van der Waals surface area contributed by atoms with E-state index in [1.54, 1.807) is 12.1 Å². The molecule has 0 saturated heterocycles. The Morgan fingerprint density at radius 2 is 2.08 bits per heavy atom. The first-order valence-electron chi connectivity index (χ1n) is 8.49. The Labute approximate surface area is 151 Å². The molecule has 3 rings (SSSR count). The molecular weight excluding hydrogens is 336 g/mol. The first kappa shape index (κ1) is 17.5. The number of rotatable bonds is 6. The fraction of sp³-hybridized carbons (Fsp3) is 0.368. The van der Waals surface area contributed by atoms with Crippen LogP contribution in [0.3, 0.4) is 0 Å². The normalized spacial score (nSPS) is 19.6. The molecule has 25 heavy (non-hydrogen) atoms. The minimum atomic E-state index is -1.01. The van der Waals surface area contributed by atoms with Gasteiger partial charge in [-0.2, -0.15) is 0 Å². The fourth-order valence-electron chi connectivity index (χ4n) is 3.23. The van der Waals surface area contributed by atoms with Crippen LogP contribution in [-0.2, 0) is 11.2 Å². The van der Waals surface area contributed by atoms with Crippen molar-refractivity contribution in [2.75, 3.05) is 10.6 Å². The van der Waals surface area contributed by atoms with Gasteiger partial charge in [-0.1, -0.05) is 19.4 Å². The van der Waals surface area contributed by atoms with E-state index in [-0.39, 0.29) is 17.9 Å². The van der Waals surface area contributed by atoms with E-state index in [1.165, 1.54) is 30.2 Å². The quantitative estimate of drug-likeness (QED) is 0.722. The number of amides is 1. The highest BCUT2D eigenvalue weighted by atomic mass is 32.1. The predicted molar refractivity (Wildman–Crippen MR) is 100 cm³/mol. The maximum Gasteiger partial charge on any atom is 0.335 e. The zero-order chi connectivity index (χ0) is 17.8. The van der Waals surface area contributed by atoms with Gasteiger partial charge in [0.1, 0.15) is 0 Å². The lowest BCUT2D eigenvalue weighted by molar-refractivity contribution is -0.115. The van der Waals surface area contributed by atoms with Crippen LogP contribution in [0.15, 0.2) is 35.7 Å². The van der Waals surface area contributed by atoms with Crippen molar-refractivity contribution in [1.29, 1.82) is 0 Å². The van der Waals surface area contributed by atoms with Gasteiger partial charge in [-0.05, 0) is 48.4 Å². The lowest BCUT2D eigenvalue weighted by atomic mass is 10.1. The molecule has 0 aliphatic heterocycles. The molecule has 1 heterocycles. The van der Waals surface area contributed by atoms with Crippen molar-refractivity contribution in [3.8, 4) is 0 Å². The van der Waals surface area contributed by atoms with Crippen LogP contribution in [0.25, 0.3) is 0 Å². The zero-order valence-corrected chi connectivity index (χ0v) is 14.9. The van der Waals surface area contributed by atoms with E-state index >= 15 is 0 Å². The molecule has 1 aliphatic rings. The van der Waals surface area contributed by atoms with Crippen LogP contribution >= 0.6 is 11.3 Å². The summed E-state index contributed by atoms with van der Waals surface area (Å²) in [5.41, 5.74) is 1.47. The zero-order valence-electron chi connectivity index (χ0n) is 14.1. The molecule has 2 unspecified atom stereocenters. The van der Waals surface area contributed by atoms with E-state index in [4.69, 9.17) is 0 Å². The second-order valence-corrected chi connectivity index (χ2v) is 7.56. The Kier molecular flexibility index (Phi) is 5.38. The van der Waals surface area contributed by atoms with Crippen LogP contribution in [0.1, 0.15) is 41.4 Å². The van der Waals surface area contributed by atoms with Gasteiger partial charge in [0.15, 0.2) is 0 Å². The second-order valence-electron chi connectivity index (χ2n) is 6.53. The summed E-state index contributed by atoms with van der Waals surface area (Å²) in [6, 6.07) is 9.01. The standard InChI is InChI=1S/C19H22N2O3S/c1-12-4-2-6-15(12)20-16-8-7-13(19(23)24)10-17(16)21-18(22)11-14-5-3-9-25-14/h3,5,7-10,12,15,20H,2,4,6,11H2,1H3,(H,21,22)(H,23,24). The number of nitrogens with one attached hydrogen (secondary N) is 2. The summed E-state index contributed by atoms with van der Waals surface area (Å²) in [5, 5.41) is 17.5. The SMILES string of the molecule is CC1CCCC1Nc1ccc(C(=O)O)cc1NC(=O)Cc1cccs1. The third-order valence-corrected chi connectivity index (χ3v) is 5.53. The van der Waals surface area contributed by atoms with E-state index in [9.17, 15) is 14.7 Å². The summed E-state index contributed by atoms with van der Waals surface area (Å²) < 4.78 is 0. The number of aromatic carboxylic acids is 1. The number of benzene rings is 1. The number of hydrogen-bond acceptors (Lipinski definition) is 4. The molecule has 2 aromatic rings. The van der Waals surface area contributed by atoms with Gasteiger partial charge in [0.05, 0.1) is 23.4 Å². The Morgan fingerprint density at radius 3 is 2.72 bits per heavy atom. The Bertz CT molecular complexity index is 758. The average molecular weight is 358 g/mol. The lowest BCUT2D eigenvalue weighted by Crippen LogP contribution is -2.23. The maximum atomic E-state index is 12.3. The van der Waals surface area contributed by atoms with Crippen molar-refractivity contribution in [2.24, 2.45) is 5.92 Å². The van der Waals surface area contributed by atoms with Crippen molar-refractivity contribution in [2.45, 2.75) is 38.6 Å². The summed E-state index contributed by atoms with van der Waals surface area (Å²) in [4.78, 5) is 24.6. The number of thiophene rings is 1. The van der Waals surface area contributed by atoms with Crippen LogP contribution in [-0.4, -0.2) is 23.0 Å². The number of anilines is 2. The minimum absolute atomic E-state index is 0.146. The van der Waals surface area contributed by atoms with E-state index < -0.39 is 5.97 Å². The molecule has 1 amide bonds. The third-order valence-electron chi connectivity index (χ3n) is 4.66. The van der Waals surface area contributed by atoms with E-state index in [1.807, 2.05) is 17.5 Å². The Hall–Kier alpha value is -2.34. The topological polar surface area (TPSA) is 78.4 Å². The average Bonchev–Trinajstić information content (AvgIpc) is 3.21. The molecule has 0 bridgehead atoms. The van der Waals surface area contributed by atoms with Gasteiger partial charge in [-0.25, -0.2) is 4.79 Å². The van der Waals surface area contributed by atoms with Crippen LogP contribution in [0.4, 0.5) is 11.4 Å². The van der Waals surface area contributed by atoms with Crippen LogP contribution in [0, 0.1) is 5.92 Å². The molecule has 0 radical (unpaired) electrons. The van der Waals surface area contributed by atoms with Gasteiger partial charge in [0, 0.05) is 10.9 Å². The molecule has 1 aromatic heterocycles. The van der Waals surface area contributed by atoms with E-state index in [0.717, 1.165) is 17.0 Å². The summed E-state index contributed by atoms with van der Waals surface area (Å²) >= 11 is 1.53. The van der Waals surface area contributed by atoms with Gasteiger partial charge < -0.3 is 15.7 Å². The molecule has 5 nitrogen and oxygen atoms in total. The summed E-state index contributed by atoms with van der Waals surface area (Å²) in [6.45, 7) is 2.21. The molecule has 1 saturated carbocycles. The van der Waals surface area contributed by atoms with Crippen molar-refractivity contribution in [3.63, 3.8) is 0 Å². The minimum Gasteiger partial charge on any atom is -0.478 e. The molecule has 6 heteroatoms. The molecule has 1 aliphatic carbocycles. The molecule has 1 fully saturated rings. The van der Waals surface area contributed by atoms with E-state index in [2.05, 4.69) is 17.6 Å². The van der Waals surface area contributed by atoms with Crippen molar-refractivity contribution < 1.29 is 14.7 Å². The van der Waals surface area contributed by atoms with Crippen LogP contribution in [0.5, 0.6) is 0 Å². The maximum absolute atomic E-state index is 12.3. The van der Waals surface area contributed by atoms with Crippen LogP contribution in [0.2, 0.25) is 0 Å². The summed E-state index contributed by atoms with van der Waals surface area (Å²) in [5.74, 6) is -0.587. The van der Waals surface area contributed by atoms with Gasteiger partial charge in [0.25, 0.3) is 0 Å².